The van der Waals surface area contributed by atoms with Gasteiger partial charge in [0.15, 0.2) is 0 Å². The summed E-state index contributed by atoms with van der Waals surface area (Å²) in [5.74, 6) is -0.363. The number of rotatable bonds is 7. The fourth-order valence-corrected chi connectivity index (χ4v) is 2.98. The first-order chi connectivity index (χ1) is 8.98. The maximum atomic E-state index is 13.3. The first-order valence-corrected chi connectivity index (χ1v) is 8.12. The lowest BCUT2D eigenvalue weighted by molar-refractivity contribution is 0.593. The zero-order valence-corrected chi connectivity index (χ0v) is 11.8. The quantitative estimate of drug-likeness (QED) is 0.754. The molecule has 0 aromatic heterocycles. The van der Waals surface area contributed by atoms with Crippen molar-refractivity contribution in [1.82, 2.24) is 5.32 Å². The molecule has 1 saturated carbocycles. The monoisotopic (exact) mass is 286 g/mol. The summed E-state index contributed by atoms with van der Waals surface area (Å²) in [6, 6.07) is 4.96. The van der Waals surface area contributed by atoms with Gasteiger partial charge in [-0.3, -0.25) is 4.72 Å². The van der Waals surface area contributed by atoms with Crippen molar-refractivity contribution in [2.75, 3.05) is 17.0 Å². The molecular weight excluding hydrogens is 267 g/mol. The molecule has 1 aliphatic carbocycles. The van der Waals surface area contributed by atoms with Gasteiger partial charge in [-0.05, 0) is 44.9 Å². The van der Waals surface area contributed by atoms with E-state index in [1.54, 1.807) is 13.0 Å². The maximum absolute atomic E-state index is 13.3. The smallest absolute Gasteiger partial charge is 0.232 e. The Bertz CT molecular complexity index is 542. The number of sulfonamides is 1. The van der Waals surface area contributed by atoms with E-state index in [2.05, 4.69) is 10.0 Å². The van der Waals surface area contributed by atoms with Gasteiger partial charge in [-0.1, -0.05) is 6.07 Å². The van der Waals surface area contributed by atoms with Crippen LogP contribution in [-0.2, 0) is 10.0 Å². The maximum Gasteiger partial charge on any atom is 0.232 e. The van der Waals surface area contributed by atoms with Gasteiger partial charge in [0, 0.05) is 11.6 Å². The molecule has 1 aliphatic rings. The standard InChI is InChI=1S/C13H19FN2O2S/c1-10-12(14)4-2-5-13(10)16-19(17,18)9-3-8-15-11-6-7-11/h2,4-5,11,15-16H,3,6-9H2,1H3. The molecule has 0 bridgehead atoms. The van der Waals surface area contributed by atoms with Gasteiger partial charge in [0.05, 0.1) is 11.4 Å². The van der Waals surface area contributed by atoms with E-state index in [1.165, 1.54) is 25.0 Å². The molecule has 2 rings (SSSR count). The normalized spacial score (nSPS) is 15.5. The lowest BCUT2D eigenvalue weighted by Crippen LogP contribution is -2.23. The van der Waals surface area contributed by atoms with E-state index >= 15 is 0 Å². The topological polar surface area (TPSA) is 58.2 Å². The summed E-state index contributed by atoms with van der Waals surface area (Å²) in [6.45, 7) is 2.26. The molecule has 0 amide bonds. The third-order valence-electron chi connectivity index (χ3n) is 3.13. The van der Waals surface area contributed by atoms with Crippen LogP contribution in [0.1, 0.15) is 24.8 Å². The zero-order chi connectivity index (χ0) is 13.9. The molecule has 0 aliphatic heterocycles. The molecule has 6 heteroatoms. The van der Waals surface area contributed by atoms with Crippen molar-refractivity contribution in [3.8, 4) is 0 Å². The van der Waals surface area contributed by atoms with Crippen LogP contribution in [0.15, 0.2) is 18.2 Å². The van der Waals surface area contributed by atoms with Crippen LogP contribution in [0.4, 0.5) is 10.1 Å². The van der Waals surface area contributed by atoms with E-state index < -0.39 is 15.8 Å². The summed E-state index contributed by atoms with van der Waals surface area (Å²) >= 11 is 0. The van der Waals surface area contributed by atoms with E-state index in [-0.39, 0.29) is 5.75 Å². The minimum atomic E-state index is -3.41. The highest BCUT2D eigenvalue weighted by Crippen LogP contribution is 2.19. The SMILES string of the molecule is Cc1c(F)cccc1NS(=O)(=O)CCCNC1CC1. The van der Waals surface area contributed by atoms with Gasteiger partial charge in [0.25, 0.3) is 0 Å². The number of anilines is 1. The van der Waals surface area contributed by atoms with Gasteiger partial charge < -0.3 is 5.32 Å². The fourth-order valence-electron chi connectivity index (χ4n) is 1.79. The van der Waals surface area contributed by atoms with Crippen molar-refractivity contribution in [2.45, 2.75) is 32.2 Å². The van der Waals surface area contributed by atoms with Crippen molar-refractivity contribution in [1.29, 1.82) is 0 Å². The molecule has 0 unspecified atom stereocenters. The average Bonchev–Trinajstić information content (AvgIpc) is 3.15. The van der Waals surface area contributed by atoms with Crippen LogP contribution in [0.3, 0.4) is 0 Å². The lowest BCUT2D eigenvalue weighted by atomic mass is 10.2. The van der Waals surface area contributed by atoms with Gasteiger partial charge in [-0.2, -0.15) is 0 Å². The summed E-state index contributed by atoms with van der Waals surface area (Å²) in [5, 5.41) is 3.26. The summed E-state index contributed by atoms with van der Waals surface area (Å²) in [7, 11) is -3.41. The molecule has 4 nitrogen and oxygen atoms in total. The van der Waals surface area contributed by atoms with E-state index in [1.807, 2.05) is 0 Å². The Morgan fingerprint density at radius 1 is 1.37 bits per heavy atom. The van der Waals surface area contributed by atoms with Crippen LogP contribution >= 0.6 is 0 Å². The Hall–Kier alpha value is -1.14. The highest BCUT2D eigenvalue weighted by molar-refractivity contribution is 7.92. The summed E-state index contributed by atoms with van der Waals surface area (Å²) in [5.41, 5.74) is 0.636. The molecule has 0 atom stereocenters. The Kier molecular flexibility index (Phi) is 4.42. The predicted molar refractivity (Wildman–Crippen MR) is 74.2 cm³/mol. The predicted octanol–water partition coefficient (Wildman–Crippen LogP) is 2.02. The molecule has 2 N–H and O–H groups in total. The number of hydrogen-bond donors (Lipinski definition) is 2. The van der Waals surface area contributed by atoms with Crippen LogP contribution in [0, 0.1) is 12.7 Å². The summed E-state index contributed by atoms with van der Waals surface area (Å²) in [6.07, 6.45) is 2.93. The van der Waals surface area contributed by atoms with Crippen molar-refractivity contribution >= 4 is 15.7 Å². The second-order valence-corrected chi connectivity index (χ2v) is 6.76. The van der Waals surface area contributed by atoms with Gasteiger partial charge in [0.1, 0.15) is 5.82 Å². The molecule has 1 aromatic rings. The van der Waals surface area contributed by atoms with E-state index in [4.69, 9.17) is 0 Å². The van der Waals surface area contributed by atoms with E-state index in [0.29, 0.717) is 30.3 Å². The van der Waals surface area contributed by atoms with E-state index in [9.17, 15) is 12.8 Å². The second-order valence-electron chi connectivity index (χ2n) is 4.92. The minimum Gasteiger partial charge on any atom is -0.314 e. The molecule has 1 fully saturated rings. The number of halogens is 1. The Labute approximate surface area is 113 Å². The number of hydrogen-bond acceptors (Lipinski definition) is 3. The summed E-state index contributed by atoms with van der Waals surface area (Å²) < 4.78 is 39.5. The molecule has 0 saturated heterocycles. The van der Waals surface area contributed by atoms with Crippen molar-refractivity contribution in [2.24, 2.45) is 0 Å². The number of nitrogens with one attached hydrogen (secondary N) is 2. The number of benzene rings is 1. The third-order valence-corrected chi connectivity index (χ3v) is 4.49. The Balaban J connectivity index is 1.86. The lowest BCUT2D eigenvalue weighted by Gasteiger charge is -2.11. The van der Waals surface area contributed by atoms with Gasteiger partial charge in [-0.25, -0.2) is 12.8 Å². The molecule has 0 radical (unpaired) electrons. The molecule has 0 spiro atoms. The van der Waals surface area contributed by atoms with E-state index in [0.717, 1.165) is 0 Å². The average molecular weight is 286 g/mol. The van der Waals surface area contributed by atoms with Crippen LogP contribution in [0.5, 0.6) is 0 Å². The minimum absolute atomic E-state index is 0.0443. The zero-order valence-electron chi connectivity index (χ0n) is 10.9. The largest absolute Gasteiger partial charge is 0.314 e. The fraction of sp³-hybridized carbons (Fsp3) is 0.538. The second kappa shape index (κ2) is 5.88. The molecular formula is C13H19FN2O2S. The highest BCUT2D eigenvalue weighted by Gasteiger charge is 2.20. The van der Waals surface area contributed by atoms with Gasteiger partial charge >= 0.3 is 0 Å². The molecule has 19 heavy (non-hydrogen) atoms. The van der Waals surface area contributed by atoms with Crippen molar-refractivity contribution in [3.63, 3.8) is 0 Å². The highest BCUT2D eigenvalue weighted by atomic mass is 32.2. The van der Waals surface area contributed by atoms with Gasteiger partial charge in [-0.15, -0.1) is 0 Å². The van der Waals surface area contributed by atoms with Crippen LogP contribution in [-0.4, -0.2) is 26.8 Å². The third kappa shape index (κ3) is 4.47. The first-order valence-electron chi connectivity index (χ1n) is 6.47. The first kappa shape index (κ1) is 14.3. The Morgan fingerprint density at radius 3 is 2.79 bits per heavy atom. The van der Waals surface area contributed by atoms with Crippen LogP contribution < -0.4 is 10.0 Å². The molecule has 0 heterocycles. The van der Waals surface area contributed by atoms with Crippen molar-refractivity contribution < 1.29 is 12.8 Å². The summed E-state index contributed by atoms with van der Waals surface area (Å²) in [4.78, 5) is 0. The Morgan fingerprint density at radius 2 is 2.11 bits per heavy atom. The van der Waals surface area contributed by atoms with Crippen LogP contribution in [0.25, 0.3) is 0 Å². The molecule has 1 aromatic carbocycles. The van der Waals surface area contributed by atoms with Crippen molar-refractivity contribution in [3.05, 3.63) is 29.6 Å². The molecule has 106 valence electrons. The van der Waals surface area contributed by atoms with Gasteiger partial charge in [0.2, 0.25) is 10.0 Å². The van der Waals surface area contributed by atoms with Crippen LogP contribution in [0.2, 0.25) is 0 Å².